The summed E-state index contributed by atoms with van der Waals surface area (Å²) in [7, 11) is 2.07. The van der Waals surface area contributed by atoms with Gasteiger partial charge in [0, 0.05) is 6.04 Å². The maximum absolute atomic E-state index is 4.19. The largest absolute Gasteiger partial charge is 0.288 e. The van der Waals surface area contributed by atoms with Crippen molar-refractivity contribution in [3.05, 3.63) is 0 Å². The first-order valence-corrected chi connectivity index (χ1v) is 2.65. The van der Waals surface area contributed by atoms with Crippen molar-refractivity contribution in [1.29, 1.82) is 0 Å². The van der Waals surface area contributed by atoms with E-state index in [1.54, 1.807) is 0 Å². The van der Waals surface area contributed by atoms with Gasteiger partial charge >= 0.3 is 0 Å². The van der Waals surface area contributed by atoms with Gasteiger partial charge in [-0.15, -0.1) is 0 Å². The average Bonchev–Trinajstić information content (AvgIpc) is 1.94. The molecule has 0 N–H and O–H groups in total. The molecule has 3 unspecified atom stereocenters. The number of rotatable bonds is 0. The Morgan fingerprint density at radius 3 is 1.83 bits per heavy atom. The van der Waals surface area contributed by atoms with Crippen LogP contribution in [0.3, 0.4) is 0 Å². The van der Waals surface area contributed by atoms with Gasteiger partial charge < -0.3 is 0 Å². The van der Waals surface area contributed by atoms with Crippen molar-refractivity contribution in [2.75, 3.05) is 7.05 Å². The lowest BCUT2D eigenvalue weighted by molar-refractivity contribution is 0.631. The summed E-state index contributed by atoms with van der Waals surface area (Å²) >= 11 is 4.19. The molecule has 3 atom stereocenters. The molecule has 0 aliphatic carbocycles. The van der Waals surface area contributed by atoms with Gasteiger partial charge in [0.25, 0.3) is 0 Å². The number of nitrogens with zero attached hydrogens (tertiary/aromatic N) is 1. The fraction of sp³-hybridized carbons (Fsp3) is 1.00. The molecule has 6 heavy (non-hydrogen) atoms. The molecule has 1 heterocycles. The third kappa shape index (κ3) is 0.444. The molecule has 0 aromatic heterocycles. The van der Waals surface area contributed by atoms with Crippen molar-refractivity contribution in [3.63, 3.8) is 0 Å². The lowest BCUT2D eigenvalue weighted by Gasteiger charge is -1.76. The second-order valence-electron chi connectivity index (χ2n) is 1.82. The maximum atomic E-state index is 4.19. The van der Waals surface area contributed by atoms with E-state index < -0.39 is 0 Å². The van der Waals surface area contributed by atoms with Crippen LogP contribution < -0.4 is 0 Å². The Balaban J connectivity index is 2.31. The number of hydrogen-bond donors (Lipinski definition) is 1. The molecule has 0 saturated carbocycles. The predicted molar refractivity (Wildman–Crippen MR) is 30.0 cm³/mol. The Bertz CT molecular complexity index is 44.3. The fourth-order valence-electron chi connectivity index (χ4n) is 0.474. The van der Waals surface area contributed by atoms with Crippen LogP contribution >= 0.6 is 12.6 Å². The summed E-state index contributed by atoms with van der Waals surface area (Å²) in [5.41, 5.74) is 0. The first kappa shape index (κ1) is 4.47. The van der Waals surface area contributed by atoms with Crippen LogP contribution in [-0.4, -0.2) is 23.4 Å². The minimum Gasteiger partial charge on any atom is -0.288 e. The van der Waals surface area contributed by atoms with Crippen LogP contribution in [0.2, 0.25) is 0 Å². The SMILES string of the molecule is CC1C(S)N1C. The summed E-state index contributed by atoms with van der Waals surface area (Å²) in [5.74, 6) is 0. The van der Waals surface area contributed by atoms with Gasteiger partial charge in [0.05, 0.1) is 5.37 Å². The van der Waals surface area contributed by atoms with E-state index in [9.17, 15) is 0 Å². The standard InChI is InChI=1S/C4H9NS/c1-3-4(6)5(3)2/h3-4,6H,1-2H3. The van der Waals surface area contributed by atoms with Gasteiger partial charge in [-0.2, -0.15) is 12.6 Å². The Morgan fingerprint density at radius 2 is 1.83 bits per heavy atom. The third-order valence-electron chi connectivity index (χ3n) is 1.40. The van der Waals surface area contributed by atoms with Crippen LogP contribution in [0.25, 0.3) is 0 Å². The number of thiol groups is 1. The lowest BCUT2D eigenvalue weighted by atomic mass is 10.6. The molecule has 0 amide bonds. The van der Waals surface area contributed by atoms with Gasteiger partial charge in [0.15, 0.2) is 0 Å². The summed E-state index contributed by atoms with van der Waals surface area (Å²) in [4.78, 5) is 2.20. The Hall–Kier alpha value is 0.310. The molecule has 2 heteroatoms. The molecule has 1 aliphatic rings. The monoisotopic (exact) mass is 103 g/mol. The van der Waals surface area contributed by atoms with Crippen molar-refractivity contribution in [1.82, 2.24) is 4.90 Å². The van der Waals surface area contributed by atoms with Crippen molar-refractivity contribution in [3.8, 4) is 0 Å². The fourth-order valence-corrected chi connectivity index (χ4v) is 0.817. The normalized spacial score (nSPS) is 55.5. The van der Waals surface area contributed by atoms with Gasteiger partial charge in [-0.05, 0) is 14.0 Å². The van der Waals surface area contributed by atoms with E-state index in [0.29, 0.717) is 11.4 Å². The van der Waals surface area contributed by atoms with Gasteiger partial charge in [0.1, 0.15) is 0 Å². The molecule has 0 radical (unpaired) electrons. The zero-order chi connectivity index (χ0) is 4.73. The lowest BCUT2D eigenvalue weighted by Crippen LogP contribution is -1.85. The third-order valence-corrected chi connectivity index (χ3v) is 2.20. The molecule has 0 spiro atoms. The second kappa shape index (κ2) is 1.14. The van der Waals surface area contributed by atoms with E-state index in [1.807, 2.05) is 0 Å². The van der Waals surface area contributed by atoms with E-state index in [-0.39, 0.29) is 0 Å². The minimum absolute atomic E-state index is 0.546. The van der Waals surface area contributed by atoms with Crippen LogP contribution in [0, 0.1) is 0 Å². The second-order valence-corrected chi connectivity index (χ2v) is 2.35. The molecule has 1 fully saturated rings. The molecular formula is C4H9NS. The maximum Gasteiger partial charge on any atom is 0.0683 e. The first-order chi connectivity index (χ1) is 2.73. The van der Waals surface area contributed by atoms with Crippen molar-refractivity contribution in [2.24, 2.45) is 0 Å². The first-order valence-electron chi connectivity index (χ1n) is 2.13. The van der Waals surface area contributed by atoms with Crippen LogP contribution in [0.1, 0.15) is 6.92 Å². The Morgan fingerprint density at radius 1 is 1.67 bits per heavy atom. The number of hydrogen-bond acceptors (Lipinski definition) is 2. The van der Waals surface area contributed by atoms with Crippen LogP contribution in [0.4, 0.5) is 0 Å². The van der Waals surface area contributed by atoms with E-state index in [1.165, 1.54) is 0 Å². The molecule has 0 aromatic rings. The highest BCUT2D eigenvalue weighted by Gasteiger charge is 2.36. The van der Waals surface area contributed by atoms with Gasteiger partial charge in [-0.1, -0.05) is 0 Å². The Labute approximate surface area is 43.7 Å². The predicted octanol–water partition coefficient (Wildman–Crippen LogP) is 0.576. The summed E-state index contributed by atoms with van der Waals surface area (Å²) in [5, 5.41) is 0.546. The Kier molecular flexibility index (Phi) is 0.848. The smallest absolute Gasteiger partial charge is 0.0683 e. The summed E-state index contributed by atoms with van der Waals surface area (Å²) in [6.45, 7) is 2.16. The van der Waals surface area contributed by atoms with Crippen molar-refractivity contribution < 1.29 is 0 Å². The van der Waals surface area contributed by atoms with Gasteiger partial charge in [0.2, 0.25) is 0 Å². The molecule has 1 aliphatic heterocycles. The summed E-state index contributed by atoms with van der Waals surface area (Å²) < 4.78 is 0. The number of likely N-dealkylation sites (N-methyl/N-ethyl adjacent to an activating group) is 1. The van der Waals surface area contributed by atoms with Crippen LogP contribution in [0.5, 0.6) is 0 Å². The van der Waals surface area contributed by atoms with Crippen LogP contribution in [-0.2, 0) is 0 Å². The highest BCUT2D eigenvalue weighted by atomic mass is 32.1. The zero-order valence-electron chi connectivity index (χ0n) is 4.05. The zero-order valence-corrected chi connectivity index (χ0v) is 4.94. The van der Waals surface area contributed by atoms with E-state index >= 15 is 0 Å². The van der Waals surface area contributed by atoms with Crippen molar-refractivity contribution in [2.45, 2.75) is 18.3 Å². The topological polar surface area (TPSA) is 3.01 Å². The molecule has 0 aromatic carbocycles. The van der Waals surface area contributed by atoms with Gasteiger partial charge in [-0.25, -0.2) is 0 Å². The average molecular weight is 103 g/mol. The molecular weight excluding hydrogens is 94.1 g/mol. The molecule has 1 saturated heterocycles. The summed E-state index contributed by atoms with van der Waals surface area (Å²) in [6.07, 6.45) is 0. The molecule has 1 rings (SSSR count). The molecule has 36 valence electrons. The minimum atomic E-state index is 0.546. The van der Waals surface area contributed by atoms with E-state index in [2.05, 4.69) is 31.5 Å². The van der Waals surface area contributed by atoms with Crippen molar-refractivity contribution >= 4 is 12.6 Å². The summed E-state index contributed by atoms with van der Waals surface area (Å²) in [6, 6.07) is 0.716. The van der Waals surface area contributed by atoms with E-state index in [4.69, 9.17) is 0 Å². The highest BCUT2D eigenvalue weighted by Crippen LogP contribution is 2.26. The quantitative estimate of drug-likeness (QED) is 0.346. The van der Waals surface area contributed by atoms with Gasteiger partial charge in [-0.3, -0.25) is 4.90 Å². The molecule has 1 nitrogen and oxygen atoms in total. The molecule has 0 bridgehead atoms. The van der Waals surface area contributed by atoms with Crippen LogP contribution in [0.15, 0.2) is 0 Å². The highest BCUT2D eigenvalue weighted by molar-refractivity contribution is 7.81. The van der Waals surface area contributed by atoms with E-state index in [0.717, 1.165) is 0 Å².